The molecule has 0 bridgehead atoms. The molecule has 2 N–H and O–H groups in total. The van der Waals surface area contributed by atoms with Gasteiger partial charge in [0.05, 0.1) is 6.20 Å². The van der Waals surface area contributed by atoms with E-state index >= 15 is 0 Å². The lowest BCUT2D eigenvalue weighted by Gasteiger charge is -2.07. The van der Waals surface area contributed by atoms with E-state index in [1.165, 1.54) is 31.2 Å². The first kappa shape index (κ1) is 17.2. The van der Waals surface area contributed by atoms with Crippen molar-refractivity contribution in [3.63, 3.8) is 0 Å². The van der Waals surface area contributed by atoms with E-state index in [0.29, 0.717) is 23.3 Å². The maximum atomic E-state index is 12.5. The molecule has 2 aliphatic carbocycles. The summed E-state index contributed by atoms with van der Waals surface area (Å²) in [6.07, 6.45) is 7.05. The minimum Gasteiger partial charge on any atom is -0.444 e. The van der Waals surface area contributed by atoms with Crippen LogP contribution in [0.15, 0.2) is 65.5 Å². The van der Waals surface area contributed by atoms with Crippen molar-refractivity contribution in [2.45, 2.75) is 31.2 Å². The number of hydrogen-bond donors (Lipinski definition) is 2. The van der Waals surface area contributed by atoms with Crippen LogP contribution in [0.3, 0.4) is 0 Å². The van der Waals surface area contributed by atoms with Gasteiger partial charge in [-0.05, 0) is 73.7 Å². The summed E-state index contributed by atoms with van der Waals surface area (Å²) < 4.78 is 5.28. The zero-order chi connectivity index (χ0) is 18.9. The van der Waals surface area contributed by atoms with Crippen LogP contribution >= 0.6 is 0 Å². The normalized spacial score (nSPS) is 20.7. The number of nitrogens with zero attached hydrogens (tertiary/aromatic N) is 1. The Morgan fingerprint density at radius 2 is 1.86 bits per heavy atom. The van der Waals surface area contributed by atoms with E-state index in [0.717, 1.165) is 23.7 Å². The lowest BCUT2D eigenvalue weighted by Crippen LogP contribution is -2.20. The second-order valence-electron chi connectivity index (χ2n) is 7.82. The van der Waals surface area contributed by atoms with E-state index < -0.39 is 0 Å². The SMILES string of the molecule is O=C(Nc1ccc(-c2cnco2)cc1)c1ccc(C2CC2NCC2CC2)cc1. The molecule has 1 amide bonds. The Kier molecular flexibility index (Phi) is 4.45. The molecule has 142 valence electrons. The summed E-state index contributed by atoms with van der Waals surface area (Å²) in [5.74, 6) is 2.12. The molecule has 1 aromatic heterocycles. The summed E-state index contributed by atoms with van der Waals surface area (Å²) in [4.78, 5) is 16.4. The number of oxazole rings is 1. The first-order chi connectivity index (χ1) is 13.8. The summed E-state index contributed by atoms with van der Waals surface area (Å²) in [6.45, 7) is 1.16. The van der Waals surface area contributed by atoms with Crippen molar-refractivity contribution in [1.82, 2.24) is 10.3 Å². The zero-order valence-corrected chi connectivity index (χ0v) is 15.6. The molecular weight excluding hydrogens is 350 g/mol. The number of benzene rings is 2. The van der Waals surface area contributed by atoms with Gasteiger partial charge in [0, 0.05) is 28.8 Å². The van der Waals surface area contributed by atoms with Crippen molar-refractivity contribution in [1.29, 1.82) is 0 Å². The maximum absolute atomic E-state index is 12.5. The smallest absolute Gasteiger partial charge is 0.255 e. The van der Waals surface area contributed by atoms with Gasteiger partial charge in [0.25, 0.3) is 5.91 Å². The third-order valence-electron chi connectivity index (χ3n) is 5.62. The van der Waals surface area contributed by atoms with E-state index in [1.807, 2.05) is 36.4 Å². The van der Waals surface area contributed by atoms with Gasteiger partial charge in [-0.2, -0.15) is 0 Å². The van der Waals surface area contributed by atoms with Crippen molar-refractivity contribution >= 4 is 11.6 Å². The van der Waals surface area contributed by atoms with Gasteiger partial charge in [0.1, 0.15) is 0 Å². The second kappa shape index (κ2) is 7.24. The van der Waals surface area contributed by atoms with Crippen LogP contribution in [-0.4, -0.2) is 23.5 Å². The molecule has 5 nitrogen and oxygen atoms in total. The first-order valence-corrected chi connectivity index (χ1v) is 9.90. The van der Waals surface area contributed by atoms with Crippen LogP contribution in [0.25, 0.3) is 11.3 Å². The average molecular weight is 373 g/mol. The fourth-order valence-corrected chi connectivity index (χ4v) is 3.59. The highest BCUT2D eigenvalue weighted by molar-refractivity contribution is 6.04. The van der Waals surface area contributed by atoms with Gasteiger partial charge >= 0.3 is 0 Å². The molecule has 5 heteroatoms. The van der Waals surface area contributed by atoms with Crippen LogP contribution in [0.2, 0.25) is 0 Å². The van der Waals surface area contributed by atoms with E-state index in [4.69, 9.17) is 4.42 Å². The third-order valence-corrected chi connectivity index (χ3v) is 5.62. The summed E-state index contributed by atoms with van der Waals surface area (Å²) in [5.41, 5.74) is 3.67. The number of rotatable bonds is 7. The van der Waals surface area contributed by atoms with E-state index in [9.17, 15) is 4.79 Å². The standard InChI is InChI=1S/C23H23N3O2/c27-23(26-19-9-7-17(8-10-19)22-13-24-14-28-22)18-5-3-16(4-6-18)20-11-21(20)25-12-15-1-2-15/h3-10,13-15,20-21,25H,1-2,11-12H2,(H,26,27). The van der Waals surface area contributed by atoms with Crippen LogP contribution in [0, 0.1) is 5.92 Å². The number of hydrogen-bond acceptors (Lipinski definition) is 4. The number of amides is 1. The highest BCUT2D eigenvalue weighted by atomic mass is 16.3. The molecule has 3 aromatic rings. The van der Waals surface area contributed by atoms with E-state index in [-0.39, 0.29) is 5.91 Å². The number of aromatic nitrogens is 1. The monoisotopic (exact) mass is 373 g/mol. The highest BCUT2D eigenvalue weighted by Gasteiger charge is 2.38. The Morgan fingerprint density at radius 3 is 2.54 bits per heavy atom. The Morgan fingerprint density at radius 1 is 1.07 bits per heavy atom. The van der Waals surface area contributed by atoms with Gasteiger partial charge in [-0.15, -0.1) is 0 Å². The molecule has 2 atom stereocenters. The molecule has 2 aliphatic rings. The third kappa shape index (κ3) is 3.85. The minimum absolute atomic E-state index is 0.0989. The molecular formula is C23H23N3O2. The van der Waals surface area contributed by atoms with Crippen LogP contribution in [-0.2, 0) is 0 Å². The highest BCUT2D eigenvalue weighted by Crippen LogP contribution is 2.41. The fraction of sp³-hybridized carbons (Fsp3) is 0.304. The predicted molar refractivity (Wildman–Crippen MR) is 108 cm³/mol. The largest absolute Gasteiger partial charge is 0.444 e. The van der Waals surface area contributed by atoms with Gasteiger partial charge in [-0.3, -0.25) is 4.79 Å². The second-order valence-corrected chi connectivity index (χ2v) is 7.82. The van der Waals surface area contributed by atoms with Crippen LogP contribution < -0.4 is 10.6 Å². The minimum atomic E-state index is -0.0989. The number of anilines is 1. The van der Waals surface area contributed by atoms with Gasteiger partial charge < -0.3 is 15.1 Å². The fourth-order valence-electron chi connectivity index (χ4n) is 3.59. The van der Waals surface area contributed by atoms with Gasteiger partial charge in [0.15, 0.2) is 12.2 Å². The quantitative estimate of drug-likeness (QED) is 0.642. The molecule has 5 rings (SSSR count). The molecule has 0 radical (unpaired) electrons. The Hall–Kier alpha value is -2.92. The van der Waals surface area contributed by atoms with E-state index in [1.54, 1.807) is 6.20 Å². The van der Waals surface area contributed by atoms with Crippen molar-refractivity contribution < 1.29 is 9.21 Å². The number of carbonyl (C=O) groups is 1. The molecule has 0 aliphatic heterocycles. The van der Waals surface area contributed by atoms with Gasteiger partial charge in [-0.25, -0.2) is 4.98 Å². The molecule has 1 heterocycles. The van der Waals surface area contributed by atoms with Crippen molar-refractivity contribution in [3.8, 4) is 11.3 Å². The molecule has 2 aromatic carbocycles. The molecule has 2 saturated carbocycles. The predicted octanol–water partition coefficient (Wildman–Crippen LogP) is 4.45. The maximum Gasteiger partial charge on any atom is 0.255 e. The molecule has 0 saturated heterocycles. The summed E-state index contributed by atoms with van der Waals surface area (Å²) >= 11 is 0. The molecule has 2 fully saturated rings. The lowest BCUT2D eigenvalue weighted by molar-refractivity contribution is 0.102. The molecule has 2 unspecified atom stereocenters. The van der Waals surface area contributed by atoms with Crippen molar-refractivity contribution in [2.75, 3.05) is 11.9 Å². The Bertz CT molecular complexity index is 945. The summed E-state index contributed by atoms with van der Waals surface area (Å²) in [6, 6.07) is 16.2. The van der Waals surface area contributed by atoms with Gasteiger partial charge in [-0.1, -0.05) is 12.1 Å². The average Bonchev–Trinajstić information content (AvgIpc) is 3.64. The summed E-state index contributed by atoms with van der Waals surface area (Å²) in [7, 11) is 0. The molecule has 28 heavy (non-hydrogen) atoms. The number of nitrogens with one attached hydrogen (secondary N) is 2. The van der Waals surface area contributed by atoms with Crippen LogP contribution in [0.4, 0.5) is 5.69 Å². The Balaban J connectivity index is 1.17. The van der Waals surface area contributed by atoms with Crippen molar-refractivity contribution in [3.05, 3.63) is 72.2 Å². The number of carbonyl (C=O) groups excluding carboxylic acids is 1. The van der Waals surface area contributed by atoms with Crippen LogP contribution in [0.1, 0.15) is 41.1 Å². The Labute approximate surface area is 164 Å². The first-order valence-electron chi connectivity index (χ1n) is 9.90. The zero-order valence-electron chi connectivity index (χ0n) is 15.6. The van der Waals surface area contributed by atoms with E-state index in [2.05, 4.69) is 27.8 Å². The van der Waals surface area contributed by atoms with Crippen LogP contribution in [0.5, 0.6) is 0 Å². The van der Waals surface area contributed by atoms with Gasteiger partial charge in [0.2, 0.25) is 0 Å². The lowest BCUT2D eigenvalue weighted by atomic mass is 10.1. The molecule has 0 spiro atoms. The topological polar surface area (TPSA) is 67.2 Å². The van der Waals surface area contributed by atoms with Crippen molar-refractivity contribution in [2.24, 2.45) is 5.92 Å². The summed E-state index contributed by atoms with van der Waals surface area (Å²) in [5, 5.41) is 6.61.